The third-order valence-corrected chi connectivity index (χ3v) is 13.2. The van der Waals surface area contributed by atoms with E-state index in [2.05, 4.69) is 15.9 Å². The largest absolute Gasteiger partial charge is 0.508 e. The summed E-state index contributed by atoms with van der Waals surface area (Å²) in [4.78, 5) is 62.1. The van der Waals surface area contributed by atoms with Crippen molar-refractivity contribution in [1.82, 2.24) is 0 Å². The Balaban J connectivity index is 1.12. The van der Waals surface area contributed by atoms with Crippen LogP contribution in [0.3, 0.4) is 0 Å². The Kier molecular flexibility index (Phi) is 9.80. The van der Waals surface area contributed by atoms with E-state index >= 15 is 9.59 Å². The molecule has 5 aromatic carbocycles. The molecule has 11 heteroatoms. The van der Waals surface area contributed by atoms with Gasteiger partial charge in [-0.1, -0.05) is 99.9 Å². The zero-order chi connectivity index (χ0) is 41.2. The molecular weight excluding hydrogens is 832 g/mol. The fourth-order valence-electron chi connectivity index (χ4n) is 9.99. The van der Waals surface area contributed by atoms with Crippen LogP contribution in [0.2, 0.25) is 5.02 Å². The van der Waals surface area contributed by atoms with E-state index in [-0.39, 0.29) is 30.4 Å². The number of aromatic hydroxyl groups is 1. The number of anilines is 2. The number of benzene rings is 5. The van der Waals surface area contributed by atoms with Gasteiger partial charge in [0.15, 0.2) is 0 Å². The number of amides is 4. The van der Waals surface area contributed by atoms with Crippen LogP contribution >= 0.6 is 27.5 Å². The number of fused-ring (bicyclic) bond motifs is 4. The fourth-order valence-corrected chi connectivity index (χ4v) is 10.6. The second-order valence-electron chi connectivity index (χ2n) is 15.3. The minimum Gasteiger partial charge on any atom is -0.508 e. The van der Waals surface area contributed by atoms with Crippen molar-refractivity contribution in [1.29, 1.82) is 0 Å². The first-order valence-corrected chi connectivity index (χ1v) is 20.5. The van der Waals surface area contributed by atoms with Crippen molar-refractivity contribution >= 4 is 74.7 Å². The number of carbonyl (C=O) groups is 4. The van der Waals surface area contributed by atoms with Crippen LogP contribution in [0.15, 0.2) is 131 Å². The normalized spacial score (nSPS) is 24.9. The van der Waals surface area contributed by atoms with Gasteiger partial charge in [-0.15, -0.1) is 0 Å². The van der Waals surface area contributed by atoms with Gasteiger partial charge in [0.25, 0.3) is 0 Å². The van der Waals surface area contributed by atoms with Crippen LogP contribution in [0, 0.1) is 23.7 Å². The van der Waals surface area contributed by atoms with E-state index in [0.29, 0.717) is 43.5 Å². The van der Waals surface area contributed by atoms with Gasteiger partial charge >= 0.3 is 0 Å². The van der Waals surface area contributed by atoms with Crippen LogP contribution in [0.5, 0.6) is 17.2 Å². The lowest BCUT2D eigenvalue weighted by atomic mass is 9.49. The van der Waals surface area contributed by atoms with Gasteiger partial charge in [-0.2, -0.15) is 0 Å². The van der Waals surface area contributed by atoms with E-state index in [1.54, 1.807) is 68.8 Å². The van der Waals surface area contributed by atoms with Crippen LogP contribution in [0.4, 0.5) is 11.4 Å². The van der Waals surface area contributed by atoms with Crippen molar-refractivity contribution in [2.24, 2.45) is 23.7 Å². The van der Waals surface area contributed by atoms with Gasteiger partial charge in [0.2, 0.25) is 23.6 Å². The number of imide groups is 2. The average molecular weight is 870 g/mol. The lowest BCUT2D eigenvalue weighted by Gasteiger charge is -2.50. The summed E-state index contributed by atoms with van der Waals surface area (Å²) in [7, 11) is 3.21. The van der Waals surface area contributed by atoms with E-state index in [1.807, 2.05) is 78.9 Å². The third kappa shape index (κ3) is 6.11. The van der Waals surface area contributed by atoms with E-state index < -0.39 is 46.8 Å². The van der Waals surface area contributed by atoms with E-state index in [0.717, 1.165) is 16.7 Å². The summed E-state index contributed by atoms with van der Waals surface area (Å²) in [5, 5.41) is 12.0. The maximum atomic E-state index is 15.4. The van der Waals surface area contributed by atoms with E-state index in [4.69, 9.17) is 21.1 Å². The molecule has 2 aliphatic heterocycles. The van der Waals surface area contributed by atoms with Crippen LogP contribution in [-0.2, 0) is 24.6 Å². The molecule has 1 saturated carbocycles. The van der Waals surface area contributed by atoms with E-state index in [1.165, 1.54) is 9.80 Å². The van der Waals surface area contributed by atoms with Gasteiger partial charge in [0, 0.05) is 26.5 Å². The van der Waals surface area contributed by atoms with Crippen molar-refractivity contribution in [2.45, 2.75) is 24.2 Å². The lowest BCUT2D eigenvalue weighted by molar-refractivity contribution is -0.127. The zero-order valence-electron chi connectivity index (χ0n) is 32.0. The number of nitrogens with zero attached hydrogens (tertiary/aromatic N) is 2. The summed E-state index contributed by atoms with van der Waals surface area (Å²) >= 11 is 10.0. The third-order valence-electron chi connectivity index (χ3n) is 12.5. The second kappa shape index (κ2) is 15.0. The number of rotatable bonds is 8. The SMILES string of the molecule is COc1ccc(OC)c(C=Cc2ccc(N3C(=O)[C@H]4[C@H](CC=C5[C@H]4C[C@H]4C(=O)N(c6cccc(Cl)c6)C(=O)[C@@]4(c4ccccc4)[C@H]5c4cc(Br)ccc4O)C3=O)cc2)c1. The van der Waals surface area contributed by atoms with Crippen molar-refractivity contribution in [3.8, 4) is 17.2 Å². The Morgan fingerprint density at radius 3 is 2.27 bits per heavy atom. The highest BCUT2D eigenvalue weighted by molar-refractivity contribution is 9.10. The zero-order valence-corrected chi connectivity index (χ0v) is 34.4. The number of carbonyl (C=O) groups excluding carboxylic acids is 4. The minimum absolute atomic E-state index is 0.0492. The maximum Gasteiger partial charge on any atom is 0.246 e. The summed E-state index contributed by atoms with van der Waals surface area (Å²) < 4.78 is 11.6. The first-order chi connectivity index (χ1) is 28.6. The number of hydrogen-bond acceptors (Lipinski definition) is 7. The van der Waals surface area contributed by atoms with Crippen molar-refractivity contribution in [3.05, 3.63) is 159 Å². The highest BCUT2D eigenvalue weighted by Crippen LogP contribution is 2.65. The molecule has 6 atom stereocenters. The van der Waals surface area contributed by atoms with E-state index in [9.17, 15) is 14.7 Å². The molecule has 4 amide bonds. The molecule has 296 valence electrons. The van der Waals surface area contributed by atoms with Crippen molar-refractivity contribution in [2.75, 3.05) is 24.0 Å². The molecule has 1 N–H and O–H groups in total. The molecule has 9 rings (SSSR count). The molecule has 2 heterocycles. The number of phenolic OH excluding ortho intramolecular Hbond substituents is 1. The Morgan fingerprint density at radius 2 is 1.54 bits per heavy atom. The molecule has 3 fully saturated rings. The van der Waals surface area contributed by atoms with Crippen molar-refractivity contribution in [3.63, 3.8) is 0 Å². The summed E-state index contributed by atoms with van der Waals surface area (Å²) in [5.41, 5.74) is 2.76. The molecule has 4 aliphatic rings. The molecule has 0 radical (unpaired) electrons. The Bertz CT molecular complexity index is 2610. The number of ether oxygens (including phenoxy) is 2. The standard InChI is InChI=1S/C48H38BrClN2O7/c1-58-34-18-22-41(59-2)28(23-34)14-11-27-12-16-32(17-13-27)51-44(54)36-20-19-35-37(42(36)46(51)56)26-39-45(55)52(33-10-6-9-31(50)25-33)47(57)48(39,29-7-4-3-5-8-29)43(35)38-24-30(49)15-21-40(38)53/h3-19,21-25,36-37,39,42-43,53H,20,26H2,1-2H3/t36-,37+,39-,42-,43+,48+/m0/s1. The highest BCUT2D eigenvalue weighted by atomic mass is 79.9. The maximum absolute atomic E-state index is 15.4. The Labute approximate surface area is 354 Å². The second-order valence-corrected chi connectivity index (χ2v) is 16.7. The van der Waals surface area contributed by atoms with Crippen LogP contribution < -0.4 is 19.3 Å². The molecule has 2 aliphatic carbocycles. The van der Waals surface area contributed by atoms with Crippen LogP contribution in [-0.4, -0.2) is 43.0 Å². The average Bonchev–Trinajstić information content (AvgIpc) is 3.64. The Morgan fingerprint density at radius 1 is 0.763 bits per heavy atom. The number of methoxy groups -OCH3 is 2. The first kappa shape index (κ1) is 38.5. The predicted octanol–water partition coefficient (Wildman–Crippen LogP) is 9.36. The van der Waals surface area contributed by atoms with Gasteiger partial charge in [0.05, 0.1) is 48.8 Å². The topological polar surface area (TPSA) is 113 Å². The molecule has 0 bridgehead atoms. The minimum atomic E-state index is -1.50. The number of allylic oxidation sites excluding steroid dienone is 2. The Hall–Kier alpha value is -5.97. The molecule has 9 nitrogen and oxygen atoms in total. The number of hydrogen-bond donors (Lipinski definition) is 1. The van der Waals surface area contributed by atoms with Gasteiger partial charge in [0.1, 0.15) is 17.2 Å². The molecule has 2 saturated heterocycles. The first-order valence-electron chi connectivity index (χ1n) is 19.3. The van der Waals surface area contributed by atoms with Gasteiger partial charge in [-0.05, 0) is 96.6 Å². The summed E-state index contributed by atoms with van der Waals surface area (Å²) in [6.45, 7) is 0. The molecule has 0 unspecified atom stereocenters. The smallest absolute Gasteiger partial charge is 0.246 e. The fraction of sp³-hybridized carbons (Fsp3) is 0.208. The summed E-state index contributed by atoms with van der Waals surface area (Å²) in [6, 6.07) is 33.7. The van der Waals surface area contributed by atoms with Crippen LogP contribution in [0.25, 0.3) is 12.2 Å². The quantitative estimate of drug-likeness (QED) is 0.0940. The van der Waals surface area contributed by atoms with Crippen LogP contribution in [0.1, 0.15) is 41.0 Å². The summed E-state index contributed by atoms with van der Waals surface area (Å²) in [5.74, 6) is -4.07. The molecule has 0 spiro atoms. The lowest BCUT2D eigenvalue weighted by Crippen LogP contribution is -2.53. The predicted molar refractivity (Wildman–Crippen MR) is 229 cm³/mol. The van der Waals surface area contributed by atoms with Gasteiger partial charge < -0.3 is 14.6 Å². The molecule has 59 heavy (non-hydrogen) atoms. The highest BCUT2D eigenvalue weighted by Gasteiger charge is 2.70. The summed E-state index contributed by atoms with van der Waals surface area (Å²) in [6.07, 6.45) is 6.19. The van der Waals surface area contributed by atoms with Gasteiger partial charge in [-0.3, -0.25) is 24.1 Å². The van der Waals surface area contributed by atoms with Crippen molar-refractivity contribution < 1.29 is 33.8 Å². The number of halogens is 2. The molecule has 0 aromatic heterocycles. The van der Waals surface area contributed by atoms with Gasteiger partial charge in [-0.25, -0.2) is 4.90 Å². The molecule has 5 aromatic rings. The number of phenols is 1. The molecular formula is C48H38BrClN2O7. The monoisotopic (exact) mass is 868 g/mol.